The van der Waals surface area contributed by atoms with Gasteiger partial charge in [0, 0.05) is 33.2 Å². The Kier molecular flexibility index (Phi) is 5.39. The number of rotatable bonds is 4. The molecule has 4 rings (SSSR count). The first-order valence-electron chi connectivity index (χ1n) is 9.65. The van der Waals surface area contributed by atoms with Gasteiger partial charge in [0.05, 0.1) is 19.2 Å². The van der Waals surface area contributed by atoms with E-state index in [1.165, 1.54) is 18.3 Å². The van der Waals surface area contributed by atoms with Crippen LogP contribution in [0.5, 0.6) is 0 Å². The molecule has 1 aliphatic rings. The molecular formula is C20H23FN6O2. The van der Waals surface area contributed by atoms with Crippen LogP contribution in [0.3, 0.4) is 0 Å². The molecule has 8 nitrogen and oxygen atoms in total. The maximum absolute atomic E-state index is 13.3. The molecule has 1 fully saturated rings. The molecule has 1 saturated heterocycles. The maximum atomic E-state index is 13.3. The van der Waals surface area contributed by atoms with Gasteiger partial charge < -0.3 is 9.88 Å². The first kappa shape index (κ1) is 19.3. The molecule has 1 aliphatic heterocycles. The number of aryl methyl sites for hydroxylation is 1. The van der Waals surface area contributed by atoms with Gasteiger partial charge in [-0.05, 0) is 24.1 Å². The molecule has 3 heterocycles. The Bertz CT molecular complexity index is 1090. The van der Waals surface area contributed by atoms with Crippen molar-refractivity contribution in [1.82, 2.24) is 29.5 Å². The third-order valence-electron chi connectivity index (χ3n) is 5.21. The standard InChI is InChI=1S/C20H23FN6O2/c1-25-19-16(12-22-25)20(29)24-17(23-19)13-26-6-3-7-27(9-8-26)18(28)11-14-4-2-5-15(21)10-14/h2,4-5,10,12H,3,6-9,11,13H2,1H3,(H,23,24,29). The van der Waals surface area contributed by atoms with Gasteiger partial charge in [-0.1, -0.05) is 12.1 Å². The molecule has 152 valence electrons. The fourth-order valence-electron chi connectivity index (χ4n) is 3.68. The number of nitrogens with one attached hydrogen (secondary N) is 1. The first-order chi connectivity index (χ1) is 14.0. The number of benzene rings is 1. The topological polar surface area (TPSA) is 87.1 Å². The second-order valence-electron chi connectivity index (χ2n) is 7.34. The molecule has 0 atom stereocenters. The SMILES string of the molecule is Cn1ncc2c(=O)[nH]c(CN3CCCN(C(=O)Cc4cccc(F)c4)CC3)nc21. The molecule has 3 aromatic rings. The minimum Gasteiger partial charge on any atom is -0.341 e. The van der Waals surface area contributed by atoms with Crippen LogP contribution >= 0.6 is 0 Å². The quantitative estimate of drug-likeness (QED) is 0.711. The minimum absolute atomic E-state index is 0.000265. The van der Waals surface area contributed by atoms with Gasteiger partial charge in [-0.15, -0.1) is 0 Å². The third kappa shape index (κ3) is 4.34. The Morgan fingerprint density at radius 1 is 1.24 bits per heavy atom. The average Bonchev–Trinajstić information content (AvgIpc) is 2.90. The lowest BCUT2D eigenvalue weighted by Crippen LogP contribution is -2.36. The largest absolute Gasteiger partial charge is 0.341 e. The van der Waals surface area contributed by atoms with E-state index in [2.05, 4.69) is 20.0 Å². The summed E-state index contributed by atoms with van der Waals surface area (Å²) >= 11 is 0. The summed E-state index contributed by atoms with van der Waals surface area (Å²) in [6.45, 7) is 3.24. The van der Waals surface area contributed by atoms with E-state index >= 15 is 0 Å². The molecule has 0 saturated carbocycles. The van der Waals surface area contributed by atoms with Crippen molar-refractivity contribution in [3.8, 4) is 0 Å². The zero-order chi connectivity index (χ0) is 20.4. The molecule has 29 heavy (non-hydrogen) atoms. The van der Waals surface area contributed by atoms with Crippen molar-refractivity contribution in [3.63, 3.8) is 0 Å². The summed E-state index contributed by atoms with van der Waals surface area (Å²) in [5.74, 6) is 0.259. The Labute approximate surface area is 167 Å². The fraction of sp³-hybridized carbons (Fsp3) is 0.400. The lowest BCUT2D eigenvalue weighted by molar-refractivity contribution is -0.130. The molecular weight excluding hydrogens is 375 g/mol. The first-order valence-corrected chi connectivity index (χ1v) is 9.65. The van der Waals surface area contributed by atoms with Crippen LogP contribution in [0.2, 0.25) is 0 Å². The van der Waals surface area contributed by atoms with E-state index in [1.807, 2.05) is 4.90 Å². The highest BCUT2D eigenvalue weighted by molar-refractivity contribution is 5.78. The van der Waals surface area contributed by atoms with Gasteiger partial charge >= 0.3 is 0 Å². The van der Waals surface area contributed by atoms with Gasteiger partial charge in [-0.2, -0.15) is 5.10 Å². The number of hydrogen-bond donors (Lipinski definition) is 1. The van der Waals surface area contributed by atoms with Crippen molar-refractivity contribution in [2.45, 2.75) is 19.4 Å². The number of H-pyrrole nitrogens is 1. The van der Waals surface area contributed by atoms with Gasteiger partial charge in [-0.25, -0.2) is 9.37 Å². The van der Waals surface area contributed by atoms with E-state index in [0.717, 1.165) is 13.0 Å². The highest BCUT2D eigenvalue weighted by Crippen LogP contribution is 2.11. The molecule has 1 N–H and O–H groups in total. The zero-order valence-corrected chi connectivity index (χ0v) is 16.3. The molecule has 9 heteroatoms. The van der Waals surface area contributed by atoms with Gasteiger partial charge in [0.2, 0.25) is 5.91 Å². The number of halogens is 1. The van der Waals surface area contributed by atoms with Gasteiger partial charge in [0.25, 0.3) is 5.56 Å². The molecule has 0 bridgehead atoms. The predicted molar refractivity (Wildman–Crippen MR) is 106 cm³/mol. The Morgan fingerprint density at radius 2 is 2.10 bits per heavy atom. The van der Waals surface area contributed by atoms with Crippen LogP contribution in [0.1, 0.15) is 17.8 Å². The minimum atomic E-state index is -0.329. The van der Waals surface area contributed by atoms with Crippen molar-refractivity contribution >= 4 is 16.9 Å². The van der Waals surface area contributed by atoms with Crippen molar-refractivity contribution in [2.75, 3.05) is 26.2 Å². The zero-order valence-electron chi connectivity index (χ0n) is 16.3. The van der Waals surface area contributed by atoms with Gasteiger partial charge in [0.1, 0.15) is 17.0 Å². The summed E-state index contributed by atoms with van der Waals surface area (Å²) in [6, 6.07) is 6.16. The molecule has 0 spiro atoms. The fourth-order valence-corrected chi connectivity index (χ4v) is 3.68. The number of carbonyl (C=O) groups excluding carboxylic acids is 1. The van der Waals surface area contributed by atoms with Crippen molar-refractivity contribution in [1.29, 1.82) is 0 Å². The number of fused-ring (bicyclic) bond motifs is 1. The monoisotopic (exact) mass is 398 g/mol. The number of hydrogen-bond acceptors (Lipinski definition) is 5. The van der Waals surface area contributed by atoms with Crippen molar-refractivity contribution in [2.24, 2.45) is 7.05 Å². The highest BCUT2D eigenvalue weighted by Gasteiger charge is 2.20. The molecule has 0 aliphatic carbocycles. The van der Waals surface area contributed by atoms with Crippen LogP contribution in [0.15, 0.2) is 35.3 Å². The lowest BCUT2D eigenvalue weighted by Gasteiger charge is -2.22. The molecule has 0 radical (unpaired) electrons. The van der Waals surface area contributed by atoms with Crippen LogP contribution in [0, 0.1) is 5.82 Å². The van der Waals surface area contributed by atoms with E-state index in [4.69, 9.17) is 0 Å². The molecule has 1 amide bonds. The smallest absolute Gasteiger partial charge is 0.262 e. The number of amides is 1. The Hall–Kier alpha value is -3.07. The van der Waals surface area contributed by atoms with Crippen molar-refractivity contribution in [3.05, 3.63) is 58.0 Å². The van der Waals surface area contributed by atoms with Crippen LogP contribution in [-0.4, -0.2) is 61.6 Å². The van der Waals surface area contributed by atoms with Crippen LogP contribution in [-0.2, 0) is 24.8 Å². The summed E-state index contributed by atoms with van der Waals surface area (Å²) in [4.78, 5) is 36.2. The van der Waals surface area contributed by atoms with Crippen LogP contribution in [0.4, 0.5) is 4.39 Å². The molecule has 2 aromatic heterocycles. The Balaban J connectivity index is 1.39. The van der Waals surface area contributed by atoms with Crippen LogP contribution < -0.4 is 5.56 Å². The number of aromatic amines is 1. The summed E-state index contributed by atoms with van der Waals surface area (Å²) in [6.07, 6.45) is 2.54. The molecule has 1 aromatic carbocycles. The lowest BCUT2D eigenvalue weighted by atomic mass is 10.1. The summed E-state index contributed by atoms with van der Waals surface area (Å²) < 4.78 is 14.9. The summed E-state index contributed by atoms with van der Waals surface area (Å²) in [7, 11) is 1.76. The van der Waals surface area contributed by atoms with Crippen molar-refractivity contribution < 1.29 is 9.18 Å². The second kappa shape index (κ2) is 8.12. The van der Waals surface area contributed by atoms with E-state index in [-0.39, 0.29) is 23.7 Å². The van der Waals surface area contributed by atoms with Gasteiger partial charge in [-0.3, -0.25) is 19.2 Å². The highest BCUT2D eigenvalue weighted by atomic mass is 19.1. The third-order valence-corrected chi connectivity index (χ3v) is 5.21. The molecule has 0 unspecified atom stereocenters. The summed E-state index contributed by atoms with van der Waals surface area (Å²) in [5.41, 5.74) is 1.05. The average molecular weight is 398 g/mol. The van der Waals surface area contributed by atoms with E-state index in [1.54, 1.807) is 23.9 Å². The number of carbonyl (C=O) groups is 1. The van der Waals surface area contributed by atoms with E-state index in [9.17, 15) is 14.0 Å². The normalized spacial score (nSPS) is 15.6. The maximum Gasteiger partial charge on any atom is 0.262 e. The number of aromatic nitrogens is 4. The van der Waals surface area contributed by atoms with Gasteiger partial charge in [0.15, 0.2) is 5.65 Å². The van der Waals surface area contributed by atoms with E-state index < -0.39 is 0 Å². The Morgan fingerprint density at radius 3 is 2.93 bits per heavy atom. The van der Waals surface area contributed by atoms with Crippen LogP contribution in [0.25, 0.3) is 11.0 Å². The predicted octanol–water partition coefficient (Wildman–Crippen LogP) is 1.07. The summed E-state index contributed by atoms with van der Waals surface area (Å²) in [5, 5.41) is 4.55. The number of nitrogens with zero attached hydrogens (tertiary/aromatic N) is 5. The second-order valence-corrected chi connectivity index (χ2v) is 7.34. The van der Waals surface area contributed by atoms with E-state index in [0.29, 0.717) is 48.6 Å².